The first-order chi connectivity index (χ1) is 12.3. The summed E-state index contributed by atoms with van der Waals surface area (Å²) in [4.78, 5) is 36.4. The van der Waals surface area contributed by atoms with Crippen LogP contribution in [0, 0.1) is 17.5 Å². The molecule has 1 atom stereocenters. The molecule has 0 spiro atoms. The van der Waals surface area contributed by atoms with E-state index in [2.05, 4.69) is 16.0 Å². The van der Waals surface area contributed by atoms with E-state index in [1.165, 1.54) is 6.07 Å². The van der Waals surface area contributed by atoms with Crippen LogP contribution in [0.25, 0.3) is 0 Å². The molecule has 26 heavy (non-hydrogen) atoms. The summed E-state index contributed by atoms with van der Waals surface area (Å²) in [6.07, 6.45) is -0.480. The molecule has 6 nitrogen and oxygen atoms in total. The van der Waals surface area contributed by atoms with Crippen LogP contribution < -0.4 is 16.0 Å². The lowest BCUT2D eigenvalue weighted by atomic mass is 10.1. The molecule has 134 valence electrons. The van der Waals surface area contributed by atoms with Crippen LogP contribution in [0.15, 0.2) is 36.4 Å². The molecule has 1 heterocycles. The van der Waals surface area contributed by atoms with Crippen molar-refractivity contribution in [1.82, 2.24) is 5.32 Å². The van der Waals surface area contributed by atoms with Crippen LogP contribution in [0.3, 0.4) is 0 Å². The van der Waals surface area contributed by atoms with Crippen molar-refractivity contribution in [3.8, 4) is 0 Å². The minimum atomic E-state index is -1.66. The van der Waals surface area contributed by atoms with E-state index in [9.17, 15) is 27.6 Å². The van der Waals surface area contributed by atoms with Crippen molar-refractivity contribution in [1.29, 1.82) is 0 Å². The summed E-state index contributed by atoms with van der Waals surface area (Å²) in [6.45, 7) is 0. The summed E-state index contributed by atoms with van der Waals surface area (Å²) in [5.74, 6) is -6.53. The first-order valence-corrected chi connectivity index (χ1v) is 7.50. The van der Waals surface area contributed by atoms with Gasteiger partial charge in [0.2, 0.25) is 11.8 Å². The largest absolute Gasteiger partial charge is 0.340 e. The maximum absolute atomic E-state index is 13.2. The van der Waals surface area contributed by atoms with Gasteiger partial charge in [-0.1, -0.05) is 12.1 Å². The number of rotatable bonds is 3. The maximum atomic E-state index is 13.2. The molecule has 3 rings (SSSR count). The third kappa shape index (κ3) is 3.51. The zero-order chi connectivity index (χ0) is 18.8. The zero-order valence-corrected chi connectivity index (χ0v) is 13.1. The van der Waals surface area contributed by atoms with Gasteiger partial charge in [-0.05, 0) is 12.1 Å². The summed E-state index contributed by atoms with van der Waals surface area (Å²) in [5.41, 5.74) is 0.238. The third-order valence-electron chi connectivity index (χ3n) is 3.71. The van der Waals surface area contributed by atoms with Crippen LogP contribution in [0.4, 0.5) is 24.5 Å². The Morgan fingerprint density at radius 1 is 1.08 bits per heavy atom. The first-order valence-electron chi connectivity index (χ1n) is 7.50. The van der Waals surface area contributed by atoms with E-state index in [-0.39, 0.29) is 11.3 Å². The highest BCUT2D eigenvalue weighted by Crippen LogP contribution is 2.20. The Kier molecular flexibility index (Phi) is 4.61. The van der Waals surface area contributed by atoms with Crippen molar-refractivity contribution in [3.05, 3.63) is 59.4 Å². The summed E-state index contributed by atoms with van der Waals surface area (Å²) >= 11 is 0. The number of anilines is 2. The van der Waals surface area contributed by atoms with Gasteiger partial charge in [0.15, 0.2) is 17.5 Å². The fourth-order valence-electron chi connectivity index (χ4n) is 2.48. The van der Waals surface area contributed by atoms with Gasteiger partial charge in [0.05, 0.1) is 17.7 Å². The van der Waals surface area contributed by atoms with E-state index in [4.69, 9.17) is 0 Å². The molecule has 1 aliphatic heterocycles. The van der Waals surface area contributed by atoms with Crippen LogP contribution in [-0.2, 0) is 9.59 Å². The van der Waals surface area contributed by atoms with Gasteiger partial charge in [0.1, 0.15) is 6.04 Å². The van der Waals surface area contributed by atoms with Crippen LogP contribution >= 0.6 is 0 Å². The van der Waals surface area contributed by atoms with Crippen molar-refractivity contribution in [3.63, 3.8) is 0 Å². The molecule has 3 N–H and O–H groups in total. The van der Waals surface area contributed by atoms with Crippen molar-refractivity contribution in [2.45, 2.75) is 12.5 Å². The summed E-state index contributed by atoms with van der Waals surface area (Å²) in [7, 11) is 0. The van der Waals surface area contributed by atoms with Crippen molar-refractivity contribution in [2.75, 3.05) is 10.6 Å². The van der Waals surface area contributed by atoms with E-state index in [0.29, 0.717) is 17.8 Å². The average molecular weight is 363 g/mol. The van der Waals surface area contributed by atoms with Crippen LogP contribution in [0.2, 0.25) is 0 Å². The molecule has 0 aromatic heterocycles. The van der Waals surface area contributed by atoms with Gasteiger partial charge in [-0.25, -0.2) is 13.2 Å². The van der Waals surface area contributed by atoms with Gasteiger partial charge in [0.25, 0.3) is 5.91 Å². The molecule has 0 unspecified atom stereocenters. The smallest absolute Gasteiger partial charge is 0.254 e. The molecule has 0 saturated carbocycles. The second-order valence-corrected chi connectivity index (χ2v) is 5.57. The van der Waals surface area contributed by atoms with E-state index >= 15 is 0 Å². The van der Waals surface area contributed by atoms with Gasteiger partial charge < -0.3 is 16.0 Å². The zero-order valence-electron chi connectivity index (χ0n) is 13.1. The number of fused-ring (bicyclic) bond motifs is 1. The number of carbonyl (C=O) groups excluding carboxylic acids is 3. The number of amides is 3. The lowest BCUT2D eigenvalue weighted by Crippen LogP contribution is -2.43. The predicted molar refractivity (Wildman–Crippen MR) is 85.9 cm³/mol. The summed E-state index contributed by atoms with van der Waals surface area (Å²) in [5, 5.41) is 7.10. The minimum Gasteiger partial charge on any atom is -0.340 e. The minimum absolute atomic E-state index is 0.242. The third-order valence-corrected chi connectivity index (χ3v) is 3.71. The van der Waals surface area contributed by atoms with Crippen LogP contribution in [0.5, 0.6) is 0 Å². The van der Waals surface area contributed by atoms with Gasteiger partial charge in [0, 0.05) is 17.8 Å². The highest BCUT2D eigenvalue weighted by atomic mass is 19.2. The molecule has 3 amide bonds. The maximum Gasteiger partial charge on any atom is 0.254 e. The Morgan fingerprint density at radius 2 is 1.73 bits per heavy atom. The molecule has 2 aromatic rings. The molecule has 2 aromatic carbocycles. The van der Waals surface area contributed by atoms with E-state index in [0.717, 1.165) is 0 Å². The van der Waals surface area contributed by atoms with Crippen LogP contribution in [-0.4, -0.2) is 23.8 Å². The van der Waals surface area contributed by atoms with Crippen LogP contribution in [0.1, 0.15) is 16.8 Å². The number of hydrogen-bond donors (Lipinski definition) is 3. The van der Waals surface area contributed by atoms with Crippen molar-refractivity contribution < 1.29 is 27.6 Å². The van der Waals surface area contributed by atoms with Gasteiger partial charge in [-0.3, -0.25) is 14.4 Å². The van der Waals surface area contributed by atoms with Gasteiger partial charge in [-0.2, -0.15) is 0 Å². The Balaban J connectivity index is 1.72. The monoisotopic (exact) mass is 363 g/mol. The molecule has 0 saturated heterocycles. The Morgan fingerprint density at radius 3 is 2.42 bits per heavy atom. The molecule has 0 radical (unpaired) electrons. The number of benzene rings is 2. The molecule has 0 bridgehead atoms. The number of carbonyl (C=O) groups is 3. The average Bonchev–Trinajstić information content (AvgIpc) is 2.70. The first kappa shape index (κ1) is 17.5. The number of nitrogens with one attached hydrogen (secondary N) is 3. The second kappa shape index (κ2) is 6.87. The van der Waals surface area contributed by atoms with Crippen molar-refractivity contribution >= 4 is 29.1 Å². The van der Waals surface area contributed by atoms with E-state index < -0.39 is 47.6 Å². The Bertz CT molecular complexity index is 894. The van der Waals surface area contributed by atoms with Gasteiger partial charge in [-0.15, -0.1) is 0 Å². The molecule has 0 fully saturated rings. The fraction of sp³-hybridized carbons (Fsp3) is 0.118. The predicted octanol–water partition coefficient (Wildman–Crippen LogP) is 2.18. The Labute approximate surface area is 145 Å². The normalized spacial score (nSPS) is 16.2. The van der Waals surface area contributed by atoms with Gasteiger partial charge >= 0.3 is 0 Å². The quantitative estimate of drug-likeness (QED) is 0.731. The highest BCUT2D eigenvalue weighted by molar-refractivity contribution is 6.11. The lowest BCUT2D eigenvalue weighted by molar-refractivity contribution is -0.122. The number of halogens is 3. The standard InChI is InChI=1S/C17H12F3N3O3/c18-10-5-8(6-11(19)15(10)20)21-14(24)7-13-17(26)22-12-4-2-1-3-9(12)16(25)23-13/h1-6,13H,7H2,(H,21,24)(H,22,26)(H,23,25)/t13-/m1/s1. The SMILES string of the molecule is O=C(C[C@H]1NC(=O)c2ccccc2NC1=O)Nc1cc(F)c(F)c(F)c1. The number of para-hydroxylation sites is 1. The fourth-order valence-corrected chi connectivity index (χ4v) is 2.48. The van der Waals surface area contributed by atoms with E-state index in [1.807, 2.05) is 0 Å². The number of hydrogen-bond acceptors (Lipinski definition) is 3. The molecule has 9 heteroatoms. The molecular formula is C17H12F3N3O3. The summed E-state index contributed by atoms with van der Waals surface area (Å²) < 4.78 is 39.3. The summed E-state index contributed by atoms with van der Waals surface area (Å²) in [6, 6.07) is 6.34. The lowest BCUT2D eigenvalue weighted by Gasteiger charge is -2.14. The topological polar surface area (TPSA) is 87.3 Å². The molecule has 1 aliphatic rings. The second-order valence-electron chi connectivity index (χ2n) is 5.57. The highest BCUT2D eigenvalue weighted by Gasteiger charge is 2.29. The molecule has 0 aliphatic carbocycles. The molecular weight excluding hydrogens is 351 g/mol. The Hall–Kier alpha value is -3.36. The van der Waals surface area contributed by atoms with E-state index in [1.54, 1.807) is 18.2 Å². The van der Waals surface area contributed by atoms with Crippen molar-refractivity contribution in [2.24, 2.45) is 0 Å².